The summed E-state index contributed by atoms with van der Waals surface area (Å²) in [7, 11) is 0. The van der Waals surface area contributed by atoms with E-state index in [1.54, 1.807) is 11.0 Å². The minimum atomic E-state index is -1.08. The first-order chi connectivity index (χ1) is 11.6. The number of aromatic nitrogens is 2. The number of rotatable bonds is 5. The van der Waals surface area contributed by atoms with Crippen LogP contribution < -0.4 is 10.4 Å². The molecule has 1 N–H and O–H groups in total. The number of nitrogens with zero attached hydrogens (tertiary/aromatic N) is 3. The fourth-order valence-electron chi connectivity index (χ4n) is 2.67. The fourth-order valence-corrected chi connectivity index (χ4v) is 2.67. The molecular weight excluding hydrogens is 310 g/mol. The number of amides is 1. The van der Waals surface area contributed by atoms with Gasteiger partial charge in [-0.15, -0.1) is 0 Å². The molecule has 1 aromatic carbocycles. The van der Waals surface area contributed by atoms with E-state index in [1.807, 2.05) is 30.3 Å². The Labute approximate surface area is 139 Å². The fraction of sp³-hybridized carbons (Fsp3) is 0.353. The number of hydrogen-bond donors (Lipinski definition) is 1. The van der Waals surface area contributed by atoms with Crippen molar-refractivity contribution in [3.63, 3.8) is 0 Å². The molecule has 7 heteroatoms. The number of aliphatic hydroxyl groups is 1. The summed E-state index contributed by atoms with van der Waals surface area (Å²) < 4.78 is 6.86. The van der Waals surface area contributed by atoms with Crippen LogP contribution in [0, 0.1) is 0 Å². The lowest BCUT2D eigenvalue weighted by atomic mass is 10.1. The monoisotopic (exact) mass is 329 g/mol. The summed E-state index contributed by atoms with van der Waals surface area (Å²) in [5.74, 6) is 0.457. The third kappa shape index (κ3) is 3.80. The minimum Gasteiger partial charge on any atom is -0.491 e. The van der Waals surface area contributed by atoms with E-state index >= 15 is 0 Å². The maximum absolute atomic E-state index is 12.3. The first-order valence-corrected chi connectivity index (χ1v) is 7.75. The minimum absolute atomic E-state index is 0.0811. The lowest BCUT2D eigenvalue weighted by Crippen LogP contribution is -2.42. The highest BCUT2D eigenvalue weighted by Crippen LogP contribution is 2.23. The summed E-state index contributed by atoms with van der Waals surface area (Å²) in [4.78, 5) is 29.1. The van der Waals surface area contributed by atoms with Crippen LogP contribution in [-0.4, -0.2) is 50.8 Å². The van der Waals surface area contributed by atoms with Gasteiger partial charge in [0.1, 0.15) is 24.5 Å². The van der Waals surface area contributed by atoms with Gasteiger partial charge in [-0.3, -0.25) is 9.36 Å². The van der Waals surface area contributed by atoms with Crippen LogP contribution in [-0.2, 0) is 11.3 Å². The van der Waals surface area contributed by atoms with Crippen molar-refractivity contribution in [1.82, 2.24) is 14.5 Å². The van der Waals surface area contributed by atoms with Crippen molar-refractivity contribution in [2.45, 2.75) is 18.6 Å². The molecule has 1 aliphatic rings. The van der Waals surface area contributed by atoms with Crippen LogP contribution in [0.1, 0.15) is 6.42 Å². The van der Waals surface area contributed by atoms with Crippen molar-refractivity contribution in [2.24, 2.45) is 0 Å². The molecule has 0 saturated carbocycles. The smallest absolute Gasteiger partial charge is 0.347 e. The van der Waals surface area contributed by atoms with Crippen LogP contribution in [0.2, 0.25) is 0 Å². The van der Waals surface area contributed by atoms with Gasteiger partial charge in [-0.25, -0.2) is 9.78 Å². The molecule has 2 aromatic rings. The largest absolute Gasteiger partial charge is 0.491 e. The molecular formula is C17H19N3O4. The van der Waals surface area contributed by atoms with Crippen molar-refractivity contribution < 1.29 is 14.6 Å². The van der Waals surface area contributed by atoms with Gasteiger partial charge in [-0.1, -0.05) is 18.2 Å². The predicted octanol–water partition coefficient (Wildman–Crippen LogP) is 0.286. The Balaban J connectivity index is 1.57. The molecule has 1 amide bonds. The molecule has 126 valence electrons. The van der Waals surface area contributed by atoms with E-state index in [9.17, 15) is 14.7 Å². The Morgan fingerprint density at radius 3 is 2.83 bits per heavy atom. The third-order valence-electron chi connectivity index (χ3n) is 4.02. The second kappa shape index (κ2) is 6.84. The van der Waals surface area contributed by atoms with Crippen LogP contribution in [0.5, 0.6) is 5.75 Å². The lowest BCUT2D eigenvalue weighted by molar-refractivity contribution is -0.132. The van der Waals surface area contributed by atoms with Crippen LogP contribution >= 0.6 is 0 Å². The number of benzene rings is 1. The van der Waals surface area contributed by atoms with Crippen molar-refractivity contribution in [2.75, 3.05) is 19.7 Å². The van der Waals surface area contributed by atoms with Crippen LogP contribution in [0.25, 0.3) is 0 Å². The maximum atomic E-state index is 12.3. The SMILES string of the molecule is O=C(Cn1cccnc1=O)N1CC[C@](O)(COc2ccccc2)C1. The van der Waals surface area contributed by atoms with Gasteiger partial charge in [-0.05, 0) is 24.6 Å². The maximum Gasteiger partial charge on any atom is 0.347 e. The zero-order chi connectivity index (χ0) is 17.0. The molecule has 3 rings (SSSR count). The summed E-state index contributed by atoms with van der Waals surface area (Å²) in [5.41, 5.74) is -1.54. The molecule has 1 fully saturated rings. The zero-order valence-electron chi connectivity index (χ0n) is 13.2. The molecule has 1 atom stereocenters. The molecule has 0 aliphatic carbocycles. The summed E-state index contributed by atoms with van der Waals surface area (Å²) in [6, 6.07) is 10.8. The second-order valence-electron chi connectivity index (χ2n) is 5.92. The molecule has 0 radical (unpaired) electrons. The first kappa shape index (κ1) is 16.2. The summed E-state index contributed by atoms with van der Waals surface area (Å²) in [6.07, 6.45) is 3.35. The van der Waals surface area contributed by atoms with Crippen molar-refractivity contribution in [3.05, 3.63) is 59.3 Å². The standard InChI is InChI=1S/C17H19N3O4/c21-15(11-19-9-4-8-18-16(19)22)20-10-7-17(23,12-20)13-24-14-5-2-1-3-6-14/h1-6,8-9,23H,7,10-13H2/t17-/m1/s1. The number of ether oxygens (including phenoxy) is 1. The lowest BCUT2D eigenvalue weighted by Gasteiger charge is -2.23. The Kier molecular flexibility index (Phi) is 4.61. The number of likely N-dealkylation sites (tertiary alicyclic amines) is 1. The molecule has 0 bridgehead atoms. The quantitative estimate of drug-likeness (QED) is 0.852. The second-order valence-corrected chi connectivity index (χ2v) is 5.92. The highest BCUT2D eigenvalue weighted by molar-refractivity contribution is 5.76. The van der Waals surface area contributed by atoms with Crippen molar-refractivity contribution >= 4 is 5.91 Å². The predicted molar refractivity (Wildman–Crippen MR) is 86.6 cm³/mol. The normalized spacial score (nSPS) is 20.1. The number of carbonyl (C=O) groups excluding carboxylic acids is 1. The molecule has 1 aromatic heterocycles. The van der Waals surface area contributed by atoms with E-state index in [-0.39, 0.29) is 25.6 Å². The highest BCUT2D eigenvalue weighted by atomic mass is 16.5. The topological polar surface area (TPSA) is 84.7 Å². The summed E-state index contributed by atoms with van der Waals surface area (Å²) in [5, 5.41) is 10.6. The summed E-state index contributed by atoms with van der Waals surface area (Å²) >= 11 is 0. The van der Waals surface area contributed by atoms with E-state index in [4.69, 9.17) is 4.74 Å². The van der Waals surface area contributed by atoms with Crippen LogP contribution in [0.3, 0.4) is 0 Å². The van der Waals surface area contributed by atoms with Crippen molar-refractivity contribution in [3.8, 4) is 5.75 Å². The van der Waals surface area contributed by atoms with E-state index < -0.39 is 11.3 Å². The van der Waals surface area contributed by atoms with Gasteiger partial charge in [0.05, 0.1) is 6.54 Å². The molecule has 0 unspecified atom stereocenters. The average molecular weight is 329 g/mol. The summed E-state index contributed by atoms with van der Waals surface area (Å²) in [6.45, 7) is 0.659. The van der Waals surface area contributed by atoms with E-state index in [1.165, 1.54) is 17.0 Å². The molecule has 7 nitrogen and oxygen atoms in total. The molecule has 2 heterocycles. The highest BCUT2D eigenvalue weighted by Gasteiger charge is 2.39. The molecule has 0 spiro atoms. The number of hydrogen-bond acceptors (Lipinski definition) is 5. The number of β-amino-alcohol motifs (C(OH)–C–C–N with tert-alkyl or cyclic N) is 1. The van der Waals surface area contributed by atoms with E-state index in [2.05, 4.69) is 4.98 Å². The molecule has 1 saturated heterocycles. The van der Waals surface area contributed by atoms with Crippen LogP contribution in [0.15, 0.2) is 53.6 Å². The Bertz CT molecular complexity index is 762. The Hall–Kier alpha value is -2.67. The molecule has 24 heavy (non-hydrogen) atoms. The Morgan fingerprint density at radius 1 is 1.29 bits per heavy atom. The van der Waals surface area contributed by atoms with E-state index in [0.717, 1.165) is 0 Å². The van der Waals surface area contributed by atoms with E-state index in [0.29, 0.717) is 18.7 Å². The zero-order valence-corrected chi connectivity index (χ0v) is 13.2. The van der Waals surface area contributed by atoms with Gasteiger partial charge < -0.3 is 14.7 Å². The van der Waals surface area contributed by atoms with Gasteiger partial charge in [0.25, 0.3) is 0 Å². The van der Waals surface area contributed by atoms with Gasteiger partial charge in [-0.2, -0.15) is 0 Å². The molecule has 1 aliphatic heterocycles. The van der Waals surface area contributed by atoms with Gasteiger partial charge in [0.15, 0.2) is 0 Å². The van der Waals surface area contributed by atoms with Crippen LogP contribution in [0.4, 0.5) is 0 Å². The average Bonchev–Trinajstić information content (AvgIpc) is 2.99. The first-order valence-electron chi connectivity index (χ1n) is 7.75. The number of carbonyl (C=O) groups is 1. The third-order valence-corrected chi connectivity index (χ3v) is 4.02. The van der Waals surface area contributed by atoms with Gasteiger partial charge in [0.2, 0.25) is 5.91 Å². The Morgan fingerprint density at radius 2 is 2.08 bits per heavy atom. The number of para-hydroxylation sites is 1. The van der Waals surface area contributed by atoms with Gasteiger partial charge in [0, 0.05) is 18.9 Å². The van der Waals surface area contributed by atoms with Gasteiger partial charge >= 0.3 is 5.69 Å². The van der Waals surface area contributed by atoms with Crippen molar-refractivity contribution in [1.29, 1.82) is 0 Å².